The Labute approximate surface area is 135 Å². The number of pyridine rings is 1. The quantitative estimate of drug-likeness (QED) is 0.887. The van der Waals surface area contributed by atoms with Gasteiger partial charge in [-0.15, -0.1) is 0 Å². The first kappa shape index (κ1) is 15.4. The zero-order chi connectivity index (χ0) is 15.9. The summed E-state index contributed by atoms with van der Waals surface area (Å²) in [5.41, 5.74) is 1.60. The Morgan fingerprint density at radius 2 is 1.78 bits per heavy atom. The van der Waals surface area contributed by atoms with Crippen molar-refractivity contribution in [3.8, 4) is 0 Å². The lowest BCUT2D eigenvalue weighted by Gasteiger charge is -2.22. The molecule has 1 saturated carbocycles. The van der Waals surface area contributed by atoms with Crippen LogP contribution in [0.1, 0.15) is 48.0 Å². The maximum absolute atomic E-state index is 12.2. The first-order valence-electron chi connectivity index (χ1n) is 8.07. The second kappa shape index (κ2) is 7.67. The first-order chi connectivity index (χ1) is 11.3. The lowest BCUT2D eigenvalue weighted by molar-refractivity contribution is 0.0927. The van der Waals surface area contributed by atoms with Crippen molar-refractivity contribution in [3.63, 3.8) is 0 Å². The van der Waals surface area contributed by atoms with Gasteiger partial charge in [0.2, 0.25) is 5.95 Å². The van der Waals surface area contributed by atoms with Crippen molar-refractivity contribution in [2.75, 3.05) is 5.32 Å². The van der Waals surface area contributed by atoms with Gasteiger partial charge in [-0.2, -0.15) is 0 Å². The van der Waals surface area contributed by atoms with Crippen molar-refractivity contribution in [3.05, 3.63) is 48.0 Å². The van der Waals surface area contributed by atoms with Crippen LogP contribution in [-0.4, -0.2) is 26.9 Å². The summed E-state index contributed by atoms with van der Waals surface area (Å²) >= 11 is 0. The van der Waals surface area contributed by atoms with Crippen molar-refractivity contribution in [1.29, 1.82) is 0 Å². The third-order valence-electron chi connectivity index (χ3n) is 4.05. The molecule has 2 aromatic heterocycles. The summed E-state index contributed by atoms with van der Waals surface area (Å²) in [6.45, 7) is 0.621. The van der Waals surface area contributed by atoms with E-state index < -0.39 is 0 Å². The van der Waals surface area contributed by atoms with E-state index in [2.05, 4.69) is 25.6 Å². The minimum atomic E-state index is -0.0856. The molecule has 1 fully saturated rings. The van der Waals surface area contributed by atoms with Gasteiger partial charge < -0.3 is 10.6 Å². The predicted molar refractivity (Wildman–Crippen MR) is 87.9 cm³/mol. The highest BCUT2D eigenvalue weighted by Gasteiger charge is 2.17. The van der Waals surface area contributed by atoms with E-state index >= 15 is 0 Å². The number of hydrogen-bond acceptors (Lipinski definition) is 5. The number of nitrogens with one attached hydrogen (secondary N) is 2. The smallest absolute Gasteiger partial charge is 0.254 e. The van der Waals surface area contributed by atoms with Crippen LogP contribution in [0.5, 0.6) is 0 Å². The molecule has 2 N–H and O–H groups in total. The van der Waals surface area contributed by atoms with Crippen LogP contribution in [0, 0.1) is 0 Å². The van der Waals surface area contributed by atoms with E-state index in [0.29, 0.717) is 24.1 Å². The van der Waals surface area contributed by atoms with Gasteiger partial charge in [0.05, 0.1) is 5.56 Å². The molecule has 0 saturated heterocycles. The minimum absolute atomic E-state index is 0.0856. The third-order valence-corrected chi connectivity index (χ3v) is 4.05. The fraction of sp³-hybridized carbons (Fsp3) is 0.412. The fourth-order valence-corrected chi connectivity index (χ4v) is 2.73. The molecule has 1 amide bonds. The van der Waals surface area contributed by atoms with Gasteiger partial charge in [-0.25, -0.2) is 9.97 Å². The summed E-state index contributed by atoms with van der Waals surface area (Å²) in [5.74, 6) is 0.425. The summed E-state index contributed by atoms with van der Waals surface area (Å²) in [5, 5.41) is 6.19. The summed E-state index contributed by atoms with van der Waals surface area (Å²) in [6.07, 6.45) is 12.4. The molecule has 120 valence electrons. The normalized spacial score (nSPS) is 15.1. The van der Waals surface area contributed by atoms with Crippen LogP contribution in [0.2, 0.25) is 0 Å². The van der Waals surface area contributed by atoms with E-state index in [4.69, 9.17) is 0 Å². The molecule has 23 heavy (non-hydrogen) atoms. The molecule has 0 unspecified atom stereocenters. The second-order valence-corrected chi connectivity index (χ2v) is 5.81. The van der Waals surface area contributed by atoms with Crippen molar-refractivity contribution < 1.29 is 4.79 Å². The van der Waals surface area contributed by atoms with Crippen LogP contribution >= 0.6 is 0 Å². The van der Waals surface area contributed by atoms with E-state index in [1.54, 1.807) is 24.8 Å². The van der Waals surface area contributed by atoms with Gasteiger partial charge in [-0.05, 0) is 30.5 Å². The number of hydrogen-bond donors (Lipinski definition) is 2. The number of carbonyl (C=O) groups excluding carboxylic acids is 1. The maximum atomic E-state index is 12.2. The molecule has 1 aliphatic rings. The van der Waals surface area contributed by atoms with Gasteiger partial charge in [0, 0.05) is 37.4 Å². The van der Waals surface area contributed by atoms with Crippen LogP contribution in [0.25, 0.3) is 0 Å². The highest BCUT2D eigenvalue weighted by Crippen LogP contribution is 2.17. The second-order valence-electron chi connectivity index (χ2n) is 5.81. The molecule has 2 aromatic rings. The van der Waals surface area contributed by atoms with Gasteiger partial charge in [0.1, 0.15) is 0 Å². The average molecular weight is 311 g/mol. The molecule has 0 aliphatic heterocycles. The van der Waals surface area contributed by atoms with Crippen molar-refractivity contribution >= 4 is 11.9 Å². The zero-order valence-corrected chi connectivity index (χ0v) is 13.0. The molecule has 0 atom stereocenters. The molecule has 0 bridgehead atoms. The highest BCUT2D eigenvalue weighted by atomic mass is 16.1. The molecule has 6 heteroatoms. The third kappa shape index (κ3) is 4.48. The maximum Gasteiger partial charge on any atom is 0.254 e. The zero-order valence-electron chi connectivity index (χ0n) is 13.0. The van der Waals surface area contributed by atoms with Gasteiger partial charge in [0.25, 0.3) is 5.91 Å². The van der Waals surface area contributed by atoms with Crippen LogP contribution in [0.15, 0.2) is 36.9 Å². The predicted octanol–water partition coefficient (Wildman–Crippen LogP) is 2.55. The summed E-state index contributed by atoms with van der Waals surface area (Å²) in [4.78, 5) is 24.6. The molecule has 1 aliphatic carbocycles. The number of carbonyl (C=O) groups is 1. The molecule has 3 rings (SSSR count). The van der Waals surface area contributed by atoms with Crippen molar-refractivity contribution in [1.82, 2.24) is 20.3 Å². The number of aromatic nitrogens is 3. The van der Waals surface area contributed by atoms with E-state index in [9.17, 15) is 4.79 Å². The van der Waals surface area contributed by atoms with Gasteiger partial charge >= 0.3 is 0 Å². The van der Waals surface area contributed by atoms with E-state index in [0.717, 1.165) is 18.4 Å². The molecule has 0 radical (unpaired) electrons. The van der Waals surface area contributed by atoms with Crippen LogP contribution in [0.3, 0.4) is 0 Å². The topological polar surface area (TPSA) is 79.8 Å². The Balaban J connectivity index is 1.52. The Morgan fingerprint density at radius 3 is 2.48 bits per heavy atom. The number of rotatable bonds is 5. The first-order valence-corrected chi connectivity index (χ1v) is 8.07. The number of nitrogens with zero attached hydrogens (tertiary/aromatic N) is 3. The number of anilines is 1. The van der Waals surface area contributed by atoms with Crippen molar-refractivity contribution in [2.45, 2.75) is 44.7 Å². The Hall–Kier alpha value is -2.50. The standard InChI is InChI=1S/C17H21N5O/c23-16(22-15-4-2-1-3-5-15)14-11-20-17(21-12-14)19-10-13-6-8-18-9-7-13/h6-9,11-12,15H,1-5,10H2,(H,22,23)(H,19,20,21). The largest absolute Gasteiger partial charge is 0.350 e. The van der Waals surface area contributed by atoms with Gasteiger partial charge in [-0.3, -0.25) is 9.78 Å². The molecular formula is C17H21N5O. The lowest BCUT2D eigenvalue weighted by atomic mass is 9.95. The van der Waals surface area contributed by atoms with Crippen LogP contribution in [-0.2, 0) is 6.54 Å². The molecule has 2 heterocycles. The molecular weight excluding hydrogens is 290 g/mol. The molecule has 0 spiro atoms. The van der Waals surface area contributed by atoms with Crippen LogP contribution in [0.4, 0.5) is 5.95 Å². The fourth-order valence-electron chi connectivity index (χ4n) is 2.73. The molecule has 6 nitrogen and oxygen atoms in total. The Bertz CT molecular complexity index is 623. The van der Waals surface area contributed by atoms with Crippen molar-refractivity contribution in [2.24, 2.45) is 0 Å². The Kier molecular flexibility index (Phi) is 5.13. The van der Waals surface area contributed by atoms with E-state index in [1.807, 2.05) is 12.1 Å². The van der Waals surface area contributed by atoms with Gasteiger partial charge in [0.15, 0.2) is 0 Å². The Morgan fingerprint density at radius 1 is 1.09 bits per heavy atom. The van der Waals surface area contributed by atoms with Crippen LogP contribution < -0.4 is 10.6 Å². The SMILES string of the molecule is O=C(NC1CCCCC1)c1cnc(NCc2ccncc2)nc1. The number of amides is 1. The molecule has 0 aromatic carbocycles. The van der Waals surface area contributed by atoms with E-state index in [-0.39, 0.29) is 5.91 Å². The summed E-state index contributed by atoms with van der Waals surface area (Å²) in [6, 6.07) is 4.15. The minimum Gasteiger partial charge on any atom is -0.350 e. The summed E-state index contributed by atoms with van der Waals surface area (Å²) < 4.78 is 0. The highest BCUT2D eigenvalue weighted by molar-refractivity contribution is 5.93. The summed E-state index contributed by atoms with van der Waals surface area (Å²) in [7, 11) is 0. The lowest BCUT2D eigenvalue weighted by Crippen LogP contribution is -2.36. The average Bonchev–Trinajstić information content (AvgIpc) is 2.62. The van der Waals surface area contributed by atoms with Gasteiger partial charge in [-0.1, -0.05) is 19.3 Å². The monoisotopic (exact) mass is 311 g/mol. The van der Waals surface area contributed by atoms with E-state index in [1.165, 1.54) is 19.3 Å².